The molecule has 1 amide bonds. The van der Waals surface area contributed by atoms with Gasteiger partial charge in [0, 0.05) is 24.0 Å². The lowest BCUT2D eigenvalue weighted by atomic mass is 10.1. The van der Waals surface area contributed by atoms with E-state index in [-0.39, 0.29) is 5.91 Å². The molecule has 0 aliphatic rings. The number of methoxy groups -OCH3 is 1. The van der Waals surface area contributed by atoms with Crippen LogP contribution in [-0.2, 0) is 6.42 Å². The van der Waals surface area contributed by atoms with E-state index >= 15 is 0 Å². The molecule has 0 atom stereocenters. The van der Waals surface area contributed by atoms with E-state index in [0.29, 0.717) is 17.9 Å². The molecule has 2 N–H and O–H groups in total. The number of ether oxygens (including phenoxy) is 1. The van der Waals surface area contributed by atoms with Crippen molar-refractivity contribution < 1.29 is 9.53 Å². The number of carbonyl (C=O) groups is 1. The number of aryl methyl sites for hydroxylation is 1. The molecule has 5 nitrogen and oxygen atoms in total. The lowest BCUT2D eigenvalue weighted by molar-refractivity contribution is 0.0954. The highest BCUT2D eigenvalue weighted by molar-refractivity contribution is 5.94. The number of aromatic nitrogens is 1. The SMILES string of the molecule is COc1cccc(CCNC(=O)c2ccnc(Nc3ccc(C)cc3)c2)c1. The van der Waals surface area contributed by atoms with Crippen LogP contribution in [0.4, 0.5) is 11.5 Å². The van der Waals surface area contributed by atoms with Gasteiger partial charge in [-0.05, 0) is 55.3 Å². The normalized spacial score (nSPS) is 10.3. The summed E-state index contributed by atoms with van der Waals surface area (Å²) in [6.07, 6.45) is 2.37. The van der Waals surface area contributed by atoms with E-state index in [2.05, 4.69) is 15.6 Å². The number of pyridine rings is 1. The second-order valence-corrected chi connectivity index (χ2v) is 6.28. The fourth-order valence-electron chi connectivity index (χ4n) is 2.68. The maximum absolute atomic E-state index is 12.4. The van der Waals surface area contributed by atoms with Gasteiger partial charge >= 0.3 is 0 Å². The van der Waals surface area contributed by atoms with Crippen LogP contribution >= 0.6 is 0 Å². The highest BCUT2D eigenvalue weighted by Gasteiger charge is 2.07. The second-order valence-electron chi connectivity index (χ2n) is 6.28. The van der Waals surface area contributed by atoms with Crippen LogP contribution in [-0.4, -0.2) is 24.5 Å². The van der Waals surface area contributed by atoms with E-state index in [1.807, 2.05) is 55.5 Å². The molecule has 0 unspecified atom stereocenters. The Morgan fingerprint density at radius 1 is 1.07 bits per heavy atom. The third kappa shape index (κ3) is 5.31. The van der Waals surface area contributed by atoms with Gasteiger partial charge < -0.3 is 15.4 Å². The van der Waals surface area contributed by atoms with Crippen molar-refractivity contribution in [2.45, 2.75) is 13.3 Å². The Bertz CT molecular complexity index is 907. The Balaban J connectivity index is 1.57. The van der Waals surface area contributed by atoms with Gasteiger partial charge in [-0.2, -0.15) is 0 Å². The van der Waals surface area contributed by atoms with Crippen LogP contribution in [0.1, 0.15) is 21.5 Å². The molecule has 5 heteroatoms. The highest BCUT2D eigenvalue weighted by Crippen LogP contribution is 2.16. The molecule has 3 rings (SSSR count). The number of hydrogen-bond donors (Lipinski definition) is 2. The van der Waals surface area contributed by atoms with Gasteiger partial charge in [-0.15, -0.1) is 0 Å². The Morgan fingerprint density at radius 2 is 1.89 bits per heavy atom. The maximum Gasteiger partial charge on any atom is 0.251 e. The Labute approximate surface area is 159 Å². The van der Waals surface area contributed by atoms with Crippen LogP contribution in [0.25, 0.3) is 0 Å². The summed E-state index contributed by atoms with van der Waals surface area (Å²) < 4.78 is 5.22. The molecule has 0 aliphatic carbocycles. The zero-order chi connectivity index (χ0) is 19.1. The van der Waals surface area contributed by atoms with Crippen molar-refractivity contribution in [3.8, 4) is 5.75 Å². The lowest BCUT2D eigenvalue weighted by Gasteiger charge is -2.09. The predicted molar refractivity (Wildman–Crippen MR) is 108 cm³/mol. The molecule has 0 radical (unpaired) electrons. The summed E-state index contributed by atoms with van der Waals surface area (Å²) >= 11 is 0. The third-order valence-corrected chi connectivity index (χ3v) is 4.18. The first-order valence-electron chi connectivity index (χ1n) is 8.85. The number of rotatable bonds is 7. The number of nitrogens with one attached hydrogen (secondary N) is 2. The number of benzene rings is 2. The summed E-state index contributed by atoms with van der Waals surface area (Å²) in [5, 5.41) is 6.16. The van der Waals surface area contributed by atoms with Crippen molar-refractivity contribution >= 4 is 17.4 Å². The quantitative estimate of drug-likeness (QED) is 0.665. The number of nitrogens with zero attached hydrogens (tertiary/aromatic N) is 1. The number of carbonyl (C=O) groups excluding carboxylic acids is 1. The minimum absolute atomic E-state index is 0.118. The molecule has 1 aromatic heterocycles. The van der Waals surface area contributed by atoms with E-state index in [4.69, 9.17) is 4.74 Å². The molecular formula is C22H23N3O2. The van der Waals surface area contributed by atoms with E-state index < -0.39 is 0 Å². The van der Waals surface area contributed by atoms with Crippen LogP contribution in [0.2, 0.25) is 0 Å². The zero-order valence-electron chi connectivity index (χ0n) is 15.5. The predicted octanol–water partition coefficient (Wildman–Crippen LogP) is 4.11. The van der Waals surface area contributed by atoms with E-state index in [0.717, 1.165) is 23.4 Å². The molecule has 27 heavy (non-hydrogen) atoms. The van der Waals surface area contributed by atoms with Gasteiger partial charge in [-0.3, -0.25) is 4.79 Å². The van der Waals surface area contributed by atoms with E-state index in [9.17, 15) is 4.79 Å². The van der Waals surface area contributed by atoms with Gasteiger partial charge in [0.1, 0.15) is 11.6 Å². The molecule has 0 fully saturated rings. The Hall–Kier alpha value is -3.34. The standard InChI is InChI=1S/C22H23N3O2/c1-16-6-8-19(9-7-16)25-21-15-18(11-13-23-21)22(26)24-12-10-17-4-3-5-20(14-17)27-2/h3-9,11,13-15H,10,12H2,1-2H3,(H,23,25)(H,24,26). The Kier molecular flexibility index (Phi) is 6.05. The van der Waals surface area contributed by atoms with Gasteiger partial charge in [0.05, 0.1) is 7.11 Å². The third-order valence-electron chi connectivity index (χ3n) is 4.18. The highest BCUT2D eigenvalue weighted by atomic mass is 16.5. The first-order chi connectivity index (χ1) is 13.1. The van der Waals surface area contributed by atoms with Crippen LogP contribution in [0.3, 0.4) is 0 Å². The Morgan fingerprint density at radius 3 is 2.67 bits per heavy atom. The van der Waals surface area contributed by atoms with E-state index in [1.54, 1.807) is 25.4 Å². The molecule has 0 saturated heterocycles. The molecule has 1 heterocycles. The van der Waals surface area contributed by atoms with Crippen molar-refractivity contribution in [2.24, 2.45) is 0 Å². The first-order valence-corrected chi connectivity index (χ1v) is 8.85. The van der Waals surface area contributed by atoms with Crippen LogP contribution in [0, 0.1) is 6.92 Å². The average Bonchev–Trinajstić information content (AvgIpc) is 2.70. The maximum atomic E-state index is 12.4. The lowest BCUT2D eigenvalue weighted by Crippen LogP contribution is -2.25. The van der Waals surface area contributed by atoms with Crippen molar-refractivity contribution in [2.75, 3.05) is 19.0 Å². The second kappa shape index (κ2) is 8.85. The van der Waals surface area contributed by atoms with Gasteiger partial charge in [-0.25, -0.2) is 4.98 Å². The summed E-state index contributed by atoms with van der Waals surface area (Å²) in [7, 11) is 1.65. The average molecular weight is 361 g/mol. The molecule has 0 spiro atoms. The molecular weight excluding hydrogens is 338 g/mol. The molecule has 0 bridgehead atoms. The fourth-order valence-corrected chi connectivity index (χ4v) is 2.68. The van der Waals surface area contributed by atoms with Gasteiger partial charge in [0.15, 0.2) is 0 Å². The molecule has 3 aromatic rings. The van der Waals surface area contributed by atoms with Crippen LogP contribution in [0.15, 0.2) is 66.9 Å². The summed E-state index contributed by atoms with van der Waals surface area (Å²) in [6, 6.07) is 19.3. The minimum atomic E-state index is -0.118. The van der Waals surface area contributed by atoms with Crippen molar-refractivity contribution in [3.63, 3.8) is 0 Å². The fraction of sp³-hybridized carbons (Fsp3) is 0.182. The summed E-state index contributed by atoms with van der Waals surface area (Å²) in [4.78, 5) is 16.7. The van der Waals surface area contributed by atoms with Gasteiger partial charge in [0.25, 0.3) is 5.91 Å². The summed E-state index contributed by atoms with van der Waals surface area (Å²) in [5.74, 6) is 1.34. The molecule has 0 aliphatic heterocycles. The summed E-state index contributed by atoms with van der Waals surface area (Å²) in [5.41, 5.74) is 3.82. The minimum Gasteiger partial charge on any atom is -0.497 e. The summed E-state index contributed by atoms with van der Waals surface area (Å²) in [6.45, 7) is 2.59. The topological polar surface area (TPSA) is 63.2 Å². The first kappa shape index (κ1) is 18.5. The molecule has 138 valence electrons. The number of hydrogen-bond acceptors (Lipinski definition) is 4. The number of anilines is 2. The zero-order valence-corrected chi connectivity index (χ0v) is 15.5. The van der Waals surface area contributed by atoms with Crippen LogP contribution < -0.4 is 15.4 Å². The van der Waals surface area contributed by atoms with Crippen molar-refractivity contribution in [1.29, 1.82) is 0 Å². The van der Waals surface area contributed by atoms with Crippen molar-refractivity contribution in [1.82, 2.24) is 10.3 Å². The molecule has 2 aromatic carbocycles. The van der Waals surface area contributed by atoms with Crippen molar-refractivity contribution in [3.05, 3.63) is 83.6 Å². The van der Waals surface area contributed by atoms with Crippen LogP contribution in [0.5, 0.6) is 5.75 Å². The smallest absolute Gasteiger partial charge is 0.251 e. The molecule has 0 saturated carbocycles. The number of amides is 1. The largest absolute Gasteiger partial charge is 0.497 e. The van der Waals surface area contributed by atoms with Gasteiger partial charge in [-0.1, -0.05) is 29.8 Å². The monoisotopic (exact) mass is 361 g/mol. The van der Waals surface area contributed by atoms with Gasteiger partial charge in [0.2, 0.25) is 0 Å². The van der Waals surface area contributed by atoms with E-state index in [1.165, 1.54) is 5.56 Å².